The SMILES string of the molecule is CC(C)(C)OC(=O)N1CCC(C2NOC(C3CC(C4CCOC4)CCN3)N2)CC1. The van der Waals surface area contributed by atoms with Crippen LogP contribution in [0, 0.1) is 17.8 Å². The van der Waals surface area contributed by atoms with E-state index in [0.717, 1.165) is 58.0 Å². The van der Waals surface area contributed by atoms with Gasteiger partial charge in [-0.25, -0.2) is 4.79 Å². The molecule has 4 aliphatic rings. The maximum Gasteiger partial charge on any atom is 0.410 e. The molecule has 166 valence electrons. The molecule has 8 heteroatoms. The van der Waals surface area contributed by atoms with Crippen molar-refractivity contribution in [3.63, 3.8) is 0 Å². The number of ether oxygens (including phenoxy) is 2. The third-order valence-electron chi connectivity index (χ3n) is 6.80. The minimum absolute atomic E-state index is 0.00555. The molecule has 4 aliphatic heterocycles. The number of carbonyl (C=O) groups is 1. The fourth-order valence-corrected chi connectivity index (χ4v) is 5.13. The Labute approximate surface area is 174 Å². The molecular formula is C21H38N4O4. The highest BCUT2D eigenvalue weighted by Crippen LogP contribution is 2.32. The Kier molecular flexibility index (Phi) is 6.65. The van der Waals surface area contributed by atoms with Gasteiger partial charge in [-0.3, -0.25) is 10.2 Å². The molecule has 8 nitrogen and oxygen atoms in total. The largest absolute Gasteiger partial charge is 0.444 e. The molecule has 5 unspecified atom stereocenters. The second-order valence-electron chi connectivity index (χ2n) is 10.1. The molecule has 0 aromatic carbocycles. The molecule has 4 saturated heterocycles. The summed E-state index contributed by atoms with van der Waals surface area (Å²) in [5.41, 5.74) is 2.78. The predicted octanol–water partition coefficient (Wildman–Crippen LogP) is 1.81. The van der Waals surface area contributed by atoms with Crippen molar-refractivity contribution >= 4 is 6.09 Å². The summed E-state index contributed by atoms with van der Waals surface area (Å²) < 4.78 is 11.1. The lowest BCUT2D eigenvalue weighted by molar-refractivity contribution is -0.0167. The quantitative estimate of drug-likeness (QED) is 0.654. The Hall–Kier alpha value is -0.930. The molecular weight excluding hydrogens is 372 g/mol. The summed E-state index contributed by atoms with van der Waals surface area (Å²) in [4.78, 5) is 20.0. The molecule has 5 atom stereocenters. The number of hydrogen-bond acceptors (Lipinski definition) is 7. The molecule has 4 rings (SSSR count). The summed E-state index contributed by atoms with van der Waals surface area (Å²) in [6.45, 7) is 10.1. The number of hydrogen-bond donors (Lipinski definition) is 3. The summed E-state index contributed by atoms with van der Waals surface area (Å²) in [6.07, 6.45) is 5.39. The average molecular weight is 411 g/mol. The van der Waals surface area contributed by atoms with Crippen LogP contribution in [-0.2, 0) is 14.3 Å². The first-order chi connectivity index (χ1) is 13.9. The second-order valence-corrected chi connectivity index (χ2v) is 10.1. The highest BCUT2D eigenvalue weighted by atomic mass is 16.7. The normalized spacial score (nSPS) is 37.1. The molecule has 1 amide bonds. The van der Waals surface area contributed by atoms with Crippen molar-refractivity contribution in [1.29, 1.82) is 0 Å². The van der Waals surface area contributed by atoms with E-state index in [4.69, 9.17) is 14.3 Å². The van der Waals surface area contributed by atoms with E-state index in [1.54, 1.807) is 0 Å². The number of carbonyl (C=O) groups excluding carboxylic acids is 1. The van der Waals surface area contributed by atoms with E-state index in [9.17, 15) is 4.79 Å². The van der Waals surface area contributed by atoms with Crippen LogP contribution in [0.2, 0.25) is 0 Å². The van der Waals surface area contributed by atoms with Crippen LogP contribution >= 0.6 is 0 Å². The Balaban J connectivity index is 1.22. The number of hydroxylamine groups is 1. The molecule has 0 bridgehead atoms. The molecule has 0 spiro atoms. The van der Waals surface area contributed by atoms with Gasteiger partial charge in [0.2, 0.25) is 0 Å². The zero-order chi connectivity index (χ0) is 20.4. The molecule has 0 aliphatic carbocycles. The number of nitrogens with one attached hydrogen (secondary N) is 3. The average Bonchev–Trinajstić information content (AvgIpc) is 3.39. The highest BCUT2D eigenvalue weighted by molar-refractivity contribution is 5.68. The van der Waals surface area contributed by atoms with Gasteiger partial charge in [-0.05, 0) is 77.2 Å². The van der Waals surface area contributed by atoms with Gasteiger partial charge in [0.05, 0.1) is 6.17 Å². The molecule has 29 heavy (non-hydrogen) atoms. The lowest BCUT2D eigenvalue weighted by Gasteiger charge is -2.36. The van der Waals surface area contributed by atoms with Crippen LogP contribution in [0.1, 0.15) is 52.9 Å². The Morgan fingerprint density at radius 2 is 1.86 bits per heavy atom. The lowest BCUT2D eigenvalue weighted by atomic mass is 9.81. The van der Waals surface area contributed by atoms with Gasteiger partial charge in [0, 0.05) is 32.3 Å². The molecule has 4 fully saturated rings. The van der Waals surface area contributed by atoms with E-state index in [2.05, 4.69) is 16.1 Å². The lowest BCUT2D eigenvalue weighted by Crippen LogP contribution is -2.53. The third-order valence-corrected chi connectivity index (χ3v) is 6.80. The van der Waals surface area contributed by atoms with Crippen LogP contribution in [0.4, 0.5) is 4.79 Å². The fraction of sp³-hybridized carbons (Fsp3) is 0.952. The van der Waals surface area contributed by atoms with Crippen molar-refractivity contribution in [2.24, 2.45) is 17.8 Å². The minimum Gasteiger partial charge on any atom is -0.444 e. The summed E-state index contributed by atoms with van der Waals surface area (Å²) in [5.74, 6) is 1.88. The molecule has 0 saturated carbocycles. The van der Waals surface area contributed by atoms with E-state index in [0.29, 0.717) is 17.9 Å². The van der Waals surface area contributed by atoms with Crippen LogP contribution in [-0.4, -0.2) is 67.9 Å². The Bertz CT molecular complexity index is 555. The number of likely N-dealkylation sites (tertiary alicyclic amines) is 1. The summed E-state index contributed by atoms with van der Waals surface area (Å²) in [7, 11) is 0. The molecule has 0 radical (unpaired) electrons. The van der Waals surface area contributed by atoms with E-state index >= 15 is 0 Å². The number of rotatable bonds is 3. The predicted molar refractivity (Wildman–Crippen MR) is 109 cm³/mol. The molecule has 0 aromatic rings. The first-order valence-corrected chi connectivity index (χ1v) is 11.4. The third kappa shape index (κ3) is 5.41. The van der Waals surface area contributed by atoms with E-state index in [-0.39, 0.29) is 18.5 Å². The monoisotopic (exact) mass is 410 g/mol. The van der Waals surface area contributed by atoms with Gasteiger partial charge < -0.3 is 19.7 Å². The molecule has 0 aromatic heterocycles. The van der Waals surface area contributed by atoms with E-state index < -0.39 is 5.60 Å². The van der Waals surface area contributed by atoms with Gasteiger partial charge in [0.15, 0.2) is 0 Å². The topological polar surface area (TPSA) is 84.1 Å². The first kappa shape index (κ1) is 21.3. The first-order valence-electron chi connectivity index (χ1n) is 11.4. The van der Waals surface area contributed by atoms with Gasteiger partial charge >= 0.3 is 6.09 Å². The second kappa shape index (κ2) is 9.06. The summed E-state index contributed by atoms with van der Waals surface area (Å²) in [6, 6.07) is 0.328. The van der Waals surface area contributed by atoms with Crippen molar-refractivity contribution in [2.45, 2.75) is 76.9 Å². The van der Waals surface area contributed by atoms with Gasteiger partial charge in [-0.15, -0.1) is 0 Å². The number of amides is 1. The maximum absolute atomic E-state index is 12.3. The van der Waals surface area contributed by atoms with Gasteiger partial charge in [-0.2, -0.15) is 5.48 Å². The Morgan fingerprint density at radius 1 is 1.07 bits per heavy atom. The van der Waals surface area contributed by atoms with E-state index in [1.807, 2.05) is 25.7 Å². The van der Waals surface area contributed by atoms with E-state index in [1.165, 1.54) is 12.8 Å². The van der Waals surface area contributed by atoms with Gasteiger partial charge in [-0.1, -0.05) is 0 Å². The highest BCUT2D eigenvalue weighted by Gasteiger charge is 2.40. The van der Waals surface area contributed by atoms with Crippen LogP contribution < -0.4 is 16.1 Å². The fourth-order valence-electron chi connectivity index (χ4n) is 5.13. The zero-order valence-electron chi connectivity index (χ0n) is 18.1. The van der Waals surface area contributed by atoms with Crippen molar-refractivity contribution in [1.82, 2.24) is 21.0 Å². The summed E-state index contributed by atoms with van der Waals surface area (Å²) in [5, 5.41) is 7.31. The van der Waals surface area contributed by atoms with Crippen LogP contribution in [0.3, 0.4) is 0 Å². The van der Waals surface area contributed by atoms with Gasteiger partial charge in [0.1, 0.15) is 11.8 Å². The van der Waals surface area contributed by atoms with Crippen molar-refractivity contribution in [3.8, 4) is 0 Å². The smallest absolute Gasteiger partial charge is 0.410 e. The number of nitrogens with zero attached hydrogens (tertiary/aromatic N) is 1. The van der Waals surface area contributed by atoms with Crippen molar-refractivity contribution < 1.29 is 19.1 Å². The van der Waals surface area contributed by atoms with Crippen molar-refractivity contribution in [3.05, 3.63) is 0 Å². The zero-order valence-corrected chi connectivity index (χ0v) is 18.1. The van der Waals surface area contributed by atoms with Gasteiger partial charge in [0.25, 0.3) is 0 Å². The van der Waals surface area contributed by atoms with Crippen LogP contribution in [0.15, 0.2) is 0 Å². The number of piperidine rings is 2. The minimum atomic E-state index is -0.445. The van der Waals surface area contributed by atoms with Crippen molar-refractivity contribution in [2.75, 3.05) is 32.8 Å². The molecule has 3 N–H and O–H groups in total. The standard InChI is InChI=1S/C21H38N4O4/c1-21(2,3)28-20(26)25-9-5-14(6-10-25)18-23-19(29-24-18)17-12-15(4-8-22-17)16-7-11-27-13-16/h14-19,22-24H,4-13H2,1-3H3. The molecule has 4 heterocycles. The Morgan fingerprint density at radius 3 is 2.55 bits per heavy atom. The van der Waals surface area contributed by atoms with Crippen LogP contribution in [0.25, 0.3) is 0 Å². The summed E-state index contributed by atoms with van der Waals surface area (Å²) >= 11 is 0. The maximum atomic E-state index is 12.3. The van der Waals surface area contributed by atoms with Crippen LogP contribution in [0.5, 0.6) is 0 Å².